The van der Waals surface area contributed by atoms with Crippen LogP contribution in [0.3, 0.4) is 0 Å². The Morgan fingerprint density at radius 2 is 1.18 bits per heavy atom. The van der Waals surface area contributed by atoms with Gasteiger partial charge in [0.15, 0.2) is 0 Å². The Hall–Kier alpha value is -3.97. The maximum Gasteiger partial charge on any atom is 0.119 e. The van der Waals surface area contributed by atoms with Gasteiger partial charge in [-0.2, -0.15) is 0 Å². The van der Waals surface area contributed by atoms with Gasteiger partial charge in [-0.3, -0.25) is 0 Å². The molecule has 1 saturated carbocycles. The van der Waals surface area contributed by atoms with Crippen molar-refractivity contribution in [3.05, 3.63) is 172 Å². The number of rotatable bonds is 14. The van der Waals surface area contributed by atoms with Gasteiger partial charge in [0.1, 0.15) is 30.2 Å². The average Bonchev–Trinajstić information content (AvgIpc) is 3.92. The Kier molecular flexibility index (Phi) is 10.8. The molecular weight excluding hydrogens is 632 g/mol. The van der Waals surface area contributed by atoms with Crippen molar-refractivity contribution in [1.82, 2.24) is 0 Å². The Morgan fingerprint density at radius 1 is 0.633 bits per heavy atom. The highest BCUT2D eigenvalue weighted by Gasteiger charge is 2.63. The minimum absolute atomic E-state index is 0.316. The van der Waals surface area contributed by atoms with Gasteiger partial charge in [0.25, 0.3) is 0 Å². The van der Waals surface area contributed by atoms with Crippen molar-refractivity contribution in [3.63, 3.8) is 0 Å². The van der Waals surface area contributed by atoms with Gasteiger partial charge in [-0.1, -0.05) is 127 Å². The van der Waals surface area contributed by atoms with Crippen LogP contribution in [0.1, 0.15) is 59.3 Å². The standard InChI is InChI=1S/C43H43ClO5/c1-2-45-37-21-18-31(19-22-37)26-36-27-35(20-23-38(36)44)39-40(46-28-32-12-6-3-7-13-32)41(47-29-33-14-8-4-9-15-33)42(43(49-39)24-25-43)48-30-34-16-10-5-11-17-34/h3-23,27,39-42H,2,24-26,28-30H2,1H3/t39?,40-,41+,42-/m0/s1. The second kappa shape index (κ2) is 15.7. The van der Waals surface area contributed by atoms with Crippen molar-refractivity contribution in [1.29, 1.82) is 0 Å². The van der Waals surface area contributed by atoms with Crippen LogP contribution >= 0.6 is 11.6 Å². The van der Waals surface area contributed by atoms with E-state index in [2.05, 4.69) is 60.7 Å². The van der Waals surface area contributed by atoms with Gasteiger partial charge >= 0.3 is 0 Å². The van der Waals surface area contributed by atoms with Crippen LogP contribution in [0.4, 0.5) is 0 Å². The third kappa shape index (κ3) is 8.26. The van der Waals surface area contributed by atoms with E-state index in [0.29, 0.717) is 32.8 Å². The number of ether oxygens (including phenoxy) is 5. The molecule has 2 fully saturated rings. The Labute approximate surface area is 294 Å². The number of hydrogen-bond acceptors (Lipinski definition) is 5. The molecule has 1 saturated heterocycles. The van der Waals surface area contributed by atoms with Gasteiger partial charge in [-0.15, -0.1) is 0 Å². The lowest BCUT2D eigenvalue weighted by Crippen LogP contribution is -2.58. The molecule has 5 aromatic carbocycles. The molecule has 5 nitrogen and oxygen atoms in total. The van der Waals surface area contributed by atoms with Crippen molar-refractivity contribution in [2.24, 2.45) is 0 Å². The predicted molar refractivity (Wildman–Crippen MR) is 193 cm³/mol. The van der Waals surface area contributed by atoms with Crippen LogP contribution in [0.5, 0.6) is 5.75 Å². The summed E-state index contributed by atoms with van der Waals surface area (Å²) in [5.74, 6) is 0.862. The molecule has 0 radical (unpaired) electrons. The van der Waals surface area contributed by atoms with E-state index in [0.717, 1.165) is 57.0 Å². The molecule has 6 heteroatoms. The molecule has 0 aromatic heterocycles. The Bertz CT molecular complexity index is 1760. The van der Waals surface area contributed by atoms with Gasteiger partial charge in [-0.25, -0.2) is 0 Å². The maximum absolute atomic E-state index is 7.15. The molecule has 7 rings (SSSR count). The van der Waals surface area contributed by atoms with E-state index in [1.54, 1.807) is 0 Å². The summed E-state index contributed by atoms with van der Waals surface area (Å²) in [7, 11) is 0. The van der Waals surface area contributed by atoms with E-state index in [-0.39, 0.29) is 18.3 Å². The minimum Gasteiger partial charge on any atom is -0.494 e. The molecular formula is C43H43ClO5. The third-order valence-corrected chi connectivity index (χ3v) is 9.78. The van der Waals surface area contributed by atoms with Crippen LogP contribution in [0, 0.1) is 0 Å². The fourth-order valence-electron chi connectivity index (χ4n) is 6.72. The molecule has 1 aliphatic heterocycles. The smallest absolute Gasteiger partial charge is 0.119 e. The summed E-state index contributed by atoms with van der Waals surface area (Å²) in [6, 6.07) is 45.3. The molecule has 1 aliphatic carbocycles. The summed E-state index contributed by atoms with van der Waals surface area (Å²) in [5.41, 5.74) is 6.03. The lowest BCUT2D eigenvalue weighted by Gasteiger charge is -2.47. The maximum atomic E-state index is 7.15. The topological polar surface area (TPSA) is 46.2 Å². The van der Waals surface area contributed by atoms with E-state index in [4.69, 9.17) is 35.3 Å². The van der Waals surface area contributed by atoms with Crippen molar-refractivity contribution in [3.8, 4) is 5.75 Å². The lowest BCUT2D eigenvalue weighted by atomic mass is 9.88. The first-order chi connectivity index (χ1) is 24.1. The number of hydrogen-bond donors (Lipinski definition) is 0. The van der Waals surface area contributed by atoms with E-state index in [1.165, 1.54) is 0 Å². The molecule has 49 heavy (non-hydrogen) atoms. The van der Waals surface area contributed by atoms with Gasteiger partial charge in [0.2, 0.25) is 0 Å². The average molecular weight is 675 g/mol. The highest BCUT2D eigenvalue weighted by atomic mass is 35.5. The van der Waals surface area contributed by atoms with Crippen LogP contribution in [-0.2, 0) is 45.2 Å². The molecule has 2 aliphatic rings. The zero-order chi connectivity index (χ0) is 33.5. The quantitative estimate of drug-likeness (QED) is 0.117. The molecule has 0 bridgehead atoms. The minimum atomic E-state index is -0.470. The van der Waals surface area contributed by atoms with Crippen molar-refractivity contribution < 1.29 is 23.7 Å². The van der Waals surface area contributed by atoms with Crippen LogP contribution in [0.15, 0.2) is 133 Å². The van der Waals surface area contributed by atoms with Crippen LogP contribution in [-0.4, -0.2) is 30.5 Å². The number of benzene rings is 5. The normalized spacial score (nSPS) is 21.0. The summed E-state index contributed by atoms with van der Waals surface area (Å²) in [4.78, 5) is 0. The molecule has 1 spiro atoms. The second-order valence-electron chi connectivity index (χ2n) is 12.9. The summed E-state index contributed by atoms with van der Waals surface area (Å²) < 4.78 is 33.4. The zero-order valence-corrected chi connectivity index (χ0v) is 28.6. The Balaban J connectivity index is 1.22. The fourth-order valence-corrected chi connectivity index (χ4v) is 6.90. The van der Waals surface area contributed by atoms with Gasteiger partial charge < -0.3 is 23.7 Å². The second-order valence-corrected chi connectivity index (χ2v) is 13.4. The van der Waals surface area contributed by atoms with Crippen LogP contribution in [0.25, 0.3) is 0 Å². The summed E-state index contributed by atoms with van der Waals surface area (Å²) in [5, 5.41) is 0.720. The van der Waals surface area contributed by atoms with E-state index in [1.807, 2.05) is 79.7 Å². The third-order valence-electron chi connectivity index (χ3n) is 9.41. The van der Waals surface area contributed by atoms with E-state index >= 15 is 0 Å². The van der Waals surface area contributed by atoms with Gasteiger partial charge in [0.05, 0.1) is 32.0 Å². The highest BCUT2D eigenvalue weighted by Crippen LogP contribution is 2.55. The van der Waals surface area contributed by atoms with Crippen molar-refractivity contribution in [2.45, 2.75) is 76.0 Å². The largest absolute Gasteiger partial charge is 0.494 e. The summed E-state index contributed by atoms with van der Waals surface area (Å²) >= 11 is 6.84. The van der Waals surface area contributed by atoms with E-state index < -0.39 is 11.7 Å². The first-order valence-electron chi connectivity index (χ1n) is 17.2. The monoisotopic (exact) mass is 674 g/mol. The first kappa shape index (κ1) is 33.5. The highest BCUT2D eigenvalue weighted by molar-refractivity contribution is 6.31. The zero-order valence-electron chi connectivity index (χ0n) is 27.9. The molecule has 0 amide bonds. The SMILES string of the molecule is CCOc1ccc(Cc2cc(C3OC4(CC4)[C@@H](OCc4ccccc4)[C@H](OCc4ccccc4)[C@H]3OCc3ccccc3)ccc2Cl)cc1. The van der Waals surface area contributed by atoms with Gasteiger partial charge in [-0.05, 0) is 77.8 Å². The molecule has 1 unspecified atom stereocenters. The number of halogens is 1. The van der Waals surface area contributed by atoms with Crippen molar-refractivity contribution >= 4 is 11.6 Å². The summed E-state index contributed by atoms with van der Waals surface area (Å²) in [6.07, 6.45) is 0.931. The molecule has 5 aromatic rings. The predicted octanol–water partition coefficient (Wildman–Crippen LogP) is 9.69. The Morgan fingerprint density at radius 3 is 1.73 bits per heavy atom. The molecule has 0 N–H and O–H groups in total. The van der Waals surface area contributed by atoms with Gasteiger partial charge in [0, 0.05) is 5.02 Å². The van der Waals surface area contributed by atoms with Crippen LogP contribution < -0.4 is 4.74 Å². The molecule has 4 atom stereocenters. The van der Waals surface area contributed by atoms with Crippen LogP contribution in [0.2, 0.25) is 5.02 Å². The van der Waals surface area contributed by atoms with Crippen molar-refractivity contribution in [2.75, 3.05) is 6.61 Å². The van der Waals surface area contributed by atoms with E-state index in [9.17, 15) is 0 Å². The fraction of sp³-hybridized carbons (Fsp3) is 0.302. The first-order valence-corrected chi connectivity index (χ1v) is 17.6. The summed E-state index contributed by atoms with van der Waals surface area (Å²) in [6.45, 7) is 3.95. The molecule has 252 valence electrons. The molecule has 1 heterocycles. The lowest BCUT2D eigenvalue weighted by molar-refractivity contribution is -0.277.